The number of rotatable bonds is 7. The fraction of sp³-hybridized carbons (Fsp3) is 0.308. The van der Waals surface area contributed by atoms with Gasteiger partial charge in [-0.2, -0.15) is 9.90 Å². The number of halogens is 1. The number of carbonyl (C=O) groups excluding carboxylic acids is 1. The highest BCUT2D eigenvalue weighted by molar-refractivity contribution is 7.92. The minimum Gasteiger partial charge on any atom is -0.354 e. The van der Waals surface area contributed by atoms with Gasteiger partial charge in [0.1, 0.15) is 6.54 Å². The van der Waals surface area contributed by atoms with Crippen LogP contribution in [0.1, 0.15) is 5.56 Å². The molecule has 0 spiro atoms. The van der Waals surface area contributed by atoms with Crippen LogP contribution in [0.25, 0.3) is 0 Å². The van der Waals surface area contributed by atoms with Crippen molar-refractivity contribution >= 4 is 33.3 Å². The Morgan fingerprint density at radius 2 is 2.09 bits per heavy atom. The molecule has 1 aromatic carbocycles. The van der Waals surface area contributed by atoms with Gasteiger partial charge in [-0.15, -0.1) is 5.10 Å². The average molecular weight is 358 g/mol. The lowest BCUT2D eigenvalue weighted by Crippen LogP contribution is -2.30. The second-order valence-electron chi connectivity index (χ2n) is 4.83. The van der Waals surface area contributed by atoms with Crippen LogP contribution in [-0.2, 0) is 27.8 Å². The van der Waals surface area contributed by atoms with E-state index in [1.807, 2.05) is 18.2 Å². The van der Waals surface area contributed by atoms with Crippen LogP contribution in [0.4, 0.5) is 5.82 Å². The van der Waals surface area contributed by atoms with Crippen molar-refractivity contribution in [3.05, 3.63) is 41.0 Å². The van der Waals surface area contributed by atoms with E-state index in [-0.39, 0.29) is 18.3 Å². The van der Waals surface area contributed by atoms with Gasteiger partial charge in [0.2, 0.25) is 15.9 Å². The molecule has 124 valence electrons. The Morgan fingerprint density at radius 3 is 2.78 bits per heavy atom. The van der Waals surface area contributed by atoms with Gasteiger partial charge < -0.3 is 5.32 Å². The van der Waals surface area contributed by atoms with E-state index in [1.165, 1.54) is 6.20 Å². The molecule has 0 bridgehead atoms. The largest absolute Gasteiger partial charge is 0.354 e. The van der Waals surface area contributed by atoms with Gasteiger partial charge in [-0.3, -0.25) is 9.52 Å². The SMILES string of the molecule is CS(=O)(=O)Nc1cnn(CC(=O)NCCc2ccccc2Cl)n1. The van der Waals surface area contributed by atoms with Gasteiger partial charge >= 0.3 is 0 Å². The highest BCUT2D eigenvalue weighted by Gasteiger charge is 2.09. The van der Waals surface area contributed by atoms with Crippen LogP contribution in [0.5, 0.6) is 0 Å². The van der Waals surface area contributed by atoms with E-state index in [1.54, 1.807) is 6.07 Å². The van der Waals surface area contributed by atoms with Crippen molar-refractivity contribution in [3.8, 4) is 0 Å². The van der Waals surface area contributed by atoms with Crippen molar-refractivity contribution < 1.29 is 13.2 Å². The van der Waals surface area contributed by atoms with Crippen molar-refractivity contribution in [2.45, 2.75) is 13.0 Å². The molecule has 2 rings (SSSR count). The lowest BCUT2D eigenvalue weighted by Gasteiger charge is -2.06. The maximum Gasteiger partial charge on any atom is 0.243 e. The van der Waals surface area contributed by atoms with Gasteiger partial charge in [0.15, 0.2) is 5.82 Å². The zero-order valence-electron chi connectivity index (χ0n) is 12.4. The number of anilines is 1. The molecule has 0 aliphatic heterocycles. The molecule has 2 aromatic rings. The van der Waals surface area contributed by atoms with Crippen molar-refractivity contribution in [3.63, 3.8) is 0 Å². The molecular weight excluding hydrogens is 342 g/mol. The Hall–Kier alpha value is -2.13. The molecule has 0 atom stereocenters. The topological polar surface area (TPSA) is 106 Å². The second-order valence-corrected chi connectivity index (χ2v) is 6.98. The minimum atomic E-state index is -3.42. The summed E-state index contributed by atoms with van der Waals surface area (Å²) in [6.07, 6.45) is 2.85. The Morgan fingerprint density at radius 1 is 1.35 bits per heavy atom. The maximum absolute atomic E-state index is 11.8. The van der Waals surface area contributed by atoms with Gasteiger partial charge in [0.25, 0.3) is 0 Å². The van der Waals surface area contributed by atoms with Crippen LogP contribution < -0.4 is 10.0 Å². The third-order valence-corrected chi connectivity index (χ3v) is 3.73. The number of hydrogen-bond donors (Lipinski definition) is 2. The number of sulfonamides is 1. The Kier molecular flexibility index (Phi) is 5.56. The molecule has 10 heteroatoms. The molecule has 2 N–H and O–H groups in total. The van der Waals surface area contributed by atoms with Crippen molar-refractivity contribution in [1.82, 2.24) is 20.3 Å². The van der Waals surface area contributed by atoms with Gasteiger partial charge in [0, 0.05) is 11.6 Å². The molecular formula is C13H16ClN5O3S. The fourth-order valence-corrected chi connectivity index (χ4v) is 2.54. The molecule has 8 nitrogen and oxygen atoms in total. The maximum atomic E-state index is 11.8. The van der Waals surface area contributed by atoms with E-state index in [2.05, 4.69) is 20.2 Å². The first kappa shape index (κ1) is 17.2. The Bertz CT molecular complexity index is 790. The summed E-state index contributed by atoms with van der Waals surface area (Å²) in [6.45, 7) is 0.326. The first-order valence-corrected chi connectivity index (χ1v) is 8.98. The van der Waals surface area contributed by atoms with E-state index in [9.17, 15) is 13.2 Å². The highest BCUT2D eigenvalue weighted by Crippen LogP contribution is 2.14. The van der Waals surface area contributed by atoms with Crippen molar-refractivity contribution in [1.29, 1.82) is 0 Å². The number of carbonyl (C=O) groups is 1. The fourth-order valence-electron chi connectivity index (χ4n) is 1.83. The van der Waals surface area contributed by atoms with Crippen LogP contribution >= 0.6 is 11.6 Å². The number of benzene rings is 1. The van der Waals surface area contributed by atoms with Crippen LogP contribution in [0.15, 0.2) is 30.5 Å². The van der Waals surface area contributed by atoms with Crippen LogP contribution in [0.2, 0.25) is 5.02 Å². The van der Waals surface area contributed by atoms with Crippen molar-refractivity contribution in [2.24, 2.45) is 0 Å². The number of nitrogens with zero attached hydrogens (tertiary/aromatic N) is 3. The van der Waals surface area contributed by atoms with Crippen molar-refractivity contribution in [2.75, 3.05) is 17.5 Å². The van der Waals surface area contributed by atoms with Crippen LogP contribution in [-0.4, -0.2) is 42.1 Å². The number of hydrogen-bond acceptors (Lipinski definition) is 5. The molecule has 1 amide bonds. The average Bonchev–Trinajstić information content (AvgIpc) is 2.85. The van der Waals surface area contributed by atoms with Gasteiger partial charge in [-0.1, -0.05) is 29.8 Å². The third kappa shape index (κ3) is 5.87. The van der Waals surface area contributed by atoms with Crippen LogP contribution in [0.3, 0.4) is 0 Å². The van der Waals surface area contributed by atoms with Crippen LogP contribution in [0, 0.1) is 0 Å². The molecule has 0 saturated carbocycles. The summed E-state index contributed by atoms with van der Waals surface area (Å²) in [4.78, 5) is 12.9. The predicted molar refractivity (Wildman–Crippen MR) is 86.7 cm³/mol. The molecule has 0 aliphatic rings. The molecule has 0 unspecified atom stereocenters. The summed E-state index contributed by atoms with van der Waals surface area (Å²) in [5, 5.41) is 11.1. The smallest absolute Gasteiger partial charge is 0.243 e. The summed E-state index contributed by atoms with van der Waals surface area (Å²) in [7, 11) is -3.42. The number of amides is 1. The number of nitrogens with one attached hydrogen (secondary N) is 2. The first-order valence-electron chi connectivity index (χ1n) is 6.71. The lowest BCUT2D eigenvalue weighted by molar-refractivity contribution is -0.122. The molecule has 0 fully saturated rings. The third-order valence-electron chi connectivity index (χ3n) is 2.79. The first-order chi connectivity index (χ1) is 10.8. The Balaban J connectivity index is 1.80. The molecule has 1 heterocycles. The monoisotopic (exact) mass is 357 g/mol. The van der Waals surface area contributed by atoms with Gasteiger partial charge in [-0.05, 0) is 18.1 Å². The van der Waals surface area contributed by atoms with E-state index < -0.39 is 10.0 Å². The summed E-state index contributed by atoms with van der Waals surface area (Å²) < 4.78 is 24.3. The second kappa shape index (κ2) is 7.42. The summed E-state index contributed by atoms with van der Waals surface area (Å²) in [5.41, 5.74) is 0.950. The standard InChI is InChI=1S/C13H16ClN5O3S/c1-23(21,22)18-12-8-16-19(17-12)9-13(20)15-7-6-10-4-2-3-5-11(10)14/h2-5,8H,6-7,9H2,1H3,(H,15,20)(H,17,18). The number of aromatic nitrogens is 3. The quantitative estimate of drug-likeness (QED) is 0.757. The van der Waals surface area contributed by atoms with E-state index in [0.717, 1.165) is 16.6 Å². The van der Waals surface area contributed by atoms with Gasteiger partial charge in [0.05, 0.1) is 12.5 Å². The minimum absolute atomic E-state index is 0.0661. The predicted octanol–water partition coefficient (Wildman–Crippen LogP) is 0.662. The van der Waals surface area contributed by atoms with E-state index >= 15 is 0 Å². The summed E-state index contributed by atoms with van der Waals surface area (Å²) in [5.74, 6) is -0.213. The zero-order valence-corrected chi connectivity index (χ0v) is 13.9. The molecule has 0 aliphatic carbocycles. The van der Waals surface area contributed by atoms with Gasteiger partial charge in [-0.25, -0.2) is 8.42 Å². The summed E-state index contributed by atoms with van der Waals surface area (Å²) >= 11 is 6.03. The molecule has 23 heavy (non-hydrogen) atoms. The molecule has 0 saturated heterocycles. The lowest BCUT2D eigenvalue weighted by atomic mass is 10.1. The summed E-state index contributed by atoms with van der Waals surface area (Å²) in [6, 6.07) is 7.41. The van der Waals surface area contributed by atoms with E-state index in [4.69, 9.17) is 11.6 Å². The normalized spacial score (nSPS) is 11.2. The van der Waals surface area contributed by atoms with E-state index in [0.29, 0.717) is 18.0 Å². The highest BCUT2D eigenvalue weighted by atomic mass is 35.5. The molecule has 0 radical (unpaired) electrons. The molecule has 1 aromatic heterocycles. The zero-order chi connectivity index (χ0) is 16.9. The Labute approximate surface area is 138 Å².